The Kier molecular flexibility index (Phi) is 5.06. The van der Waals surface area contributed by atoms with Gasteiger partial charge < -0.3 is 4.74 Å². The molecule has 208 valence electrons. The number of hydrogen-bond donors (Lipinski definition) is 0. The van der Waals surface area contributed by atoms with Crippen molar-refractivity contribution in [3.63, 3.8) is 0 Å². The van der Waals surface area contributed by atoms with Crippen LogP contribution in [0.1, 0.15) is 0 Å². The molecule has 10 rings (SSSR count). The normalized spacial score (nSPS) is 12.2. The van der Waals surface area contributed by atoms with Crippen LogP contribution in [0.4, 0.5) is 0 Å². The number of rotatable bonds is 2. The molecule has 1 aliphatic heterocycles. The van der Waals surface area contributed by atoms with Crippen LogP contribution in [-0.2, 0) is 0 Å². The Hall–Kier alpha value is -5.92. The summed E-state index contributed by atoms with van der Waals surface area (Å²) in [5, 5.41) is 12.5. The molecular formula is C44H26O. The van der Waals surface area contributed by atoms with E-state index in [9.17, 15) is 0 Å². The van der Waals surface area contributed by atoms with Gasteiger partial charge in [0.05, 0.1) is 0 Å². The van der Waals surface area contributed by atoms with Crippen LogP contribution in [0.15, 0.2) is 158 Å². The minimum Gasteiger partial charge on any atom is -0.456 e. The summed E-state index contributed by atoms with van der Waals surface area (Å²) in [5.41, 5.74) is 7.36. The van der Waals surface area contributed by atoms with E-state index >= 15 is 0 Å². The molecule has 0 unspecified atom stereocenters. The summed E-state index contributed by atoms with van der Waals surface area (Å²) in [6.07, 6.45) is 0. The van der Waals surface area contributed by atoms with E-state index in [1.807, 2.05) is 6.07 Å². The zero-order valence-corrected chi connectivity index (χ0v) is 24.4. The molecule has 0 radical (unpaired) electrons. The molecule has 0 bridgehead atoms. The standard InChI is InChI=1S/C44H26O/c1-3-12-31-27(9-1)11-7-15-35(31)43-33-13-4-2-10-29(33)26-40-38(43)22-21-28-19-20-30(25-39(28)40)32-23-24-42-44-36(32)16-8-17-37(44)34-14-5-6-18-41(34)45-42/h1-26H. The van der Waals surface area contributed by atoms with Gasteiger partial charge in [0.15, 0.2) is 0 Å². The van der Waals surface area contributed by atoms with Crippen LogP contribution >= 0.6 is 0 Å². The molecule has 0 N–H and O–H groups in total. The molecule has 0 amide bonds. The van der Waals surface area contributed by atoms with Gasteiger partial charge in [-0.3, -0.25) is 0 Å². The van der Waals surface area contributed by atoms with Gasteiger partial charge in [-0.15, -0.1) is 0 Å². The van der Waals surface area contributed by atoms with Crippen molar-refractivity contribution in [3.8, 4) is 44.9 Å². The van der Waals surface area contributed by atoms with Crippen molar-refractivity contribution in [2.45, 2.75) is 0 Å². The van der Waals surface area contributed by atoms with Crippen molar-refractivity contribution in [1.82, 2.24) is 0 Å². The maximum absolute atomic E-state index is 6.39. The highest BCUT2D eigenvalue weighted by Crippen LogP contribution is 2.49. The van der Waals surface area contributed by atoms with E-state index in [-0.39, 0.29) is 0 Å². The Balaban J connectivity index is 1.26. The quantitative estimate of drug-likeness (QED) is 0.148. The molecular weight excluding hydrogens is 544 g/mol. The average molecular weight is 571 g/mol. The van der Waals surface area contributed by atoms with Gasteiger partial charge in [0.1, 0.15) is 11.5 Å². The zero-order chi connectivity index (χ0) is 29.5. The number of benzene rings is 9. The van der Waals surface area contributed by atoms with Gasteiger partial charge in [0.2, 0.25) is 0 Å². The third-order valence-electron chi connectivity index (χ3n) is 9.63. The van der Waals surface area contributed by atoms with E-state index in [0.29, 0.717) is 0 Å². The van der Waals surface area contributed by atoms with Crippen LogP contribution < -0.4 is 4.74 Å². The zero-order valence-electron chi connectivity index (χ0n) is 24.4. The second-order valence-corrected chi connectivity index (χ2v) is 12.0. The average Bonchev–Trinajstić information content (AvgIpc) is 3.10. The van der Waals surface area contributed by atoms with Crippen molar-refractivity contribution >= 4 is 53.9 Å². The fraction of sp³-hybridized carbons (Fsp3) is 0. The first kappa shape index (κ1) is 24.5. The molecule has 1 aliphatic rings. The van der Waals surface area contributed by atoms with Gasteiger partial charge in [0.25, 0.3) is 0 Å². The lowest BCUT2D eigenvalue weighted by Gasteiger charge is -2.22. The van der Waals surface area contributed by atoms with Crippen molar-refractivity contribution < 1.29 is 4.74 Å². The fourth-order valence-corrected chi connectivity index (χ4v) is 7.60. The van der Waals surface area contributed by atoms with Gasteiger partial charge in [-0.2, -0.15) is 0 Å². The number of fused-ring (bicyclic) bond motifs is 7. The van der Waals surface area contributed by atoms with Crippen LogP contribution in [-0.4, -0.2) is 0 Å². The summed E-state index contributed by atoms with van der Waals surface area (Å²) >= 11 is 0. The Morgan fingerprint density at radius 2 is 1.00 bits per heavy atom. The van der Waals surface area contributed by atoms with Crippen molar-refractivity contribution in [2.24, 2.45) is 0 Å². The Bertz CT molecular complexity index is 2670. The third kappa shape index (κ3) is 3.56. The van der Waals surface area contributed by atoms with E-state index in [0.717, 1.165) is 17.1 Å². The molecule has 0 saturated carbocycles. The van der Waals surface area contributed by atoms with E-state index in [2.05, 4.69) is 152 Å². The molecule has 9 aromatic rings. The first-order valence-corrected chi connectivity index (χ1v) is 15.5. The first-order valence-electron chi connectivity index (χ1n) is 15.5. The van der Waals surface area contributed by atoms with Crippen molar-refractivity contribution in [3.05, 3.63) is 158 Å². The largest absolute Gasteiger partial charge is 0.456 e. The summed E-state index contributed by atoms with van der Waals surface area (Å²) in [5.74, 6) is 1.83. The minimum absolute atomic E-state index is 0.914. The van der Waals surface area contributed by atoms with Crippen LogP contribution in [0.3, 0.4) is 0 Å². The Labute approximate surface area is 260 Å². The predicted octanol–water partition coefficient (Wildman–Crippen LogP) is 12.6. The van der Waals surface area contributed by atoms with Crippen LogP contribution in [0.25, 0.3) is 87.2 Å². The monoisotopic (exact) mass is 570 g/mol. The lowest BCUT2D eigenvalue weighted by Crippen LogP contribution is -1.97. The van der Waals surface area contributed by atoms with Gasteiger partial charge in [0, 0.05) is 10.9 Å². The Morgan fingerprint density at radius 1 is 0.311 bits per heavy atom. The third-order valence-corrected chi connectivity index (χ3v) is 9.63. The minimum atomic E-state index is 0.914. The maximum Gasteiger partial charge on any atom is 0.135 e. The first-order chi connectivity index (χ1) is 22.3. The highest BCUT2D eigenvalue weighted by atomic mass is 16.5. The van der Waals surface area contributed by atoms with Crippen molar-refractivity contribution in [2.75, 3.05) is 0 Å². The van der Waals surface area contributed by atoms with Gasteiger partial charge in [-0.25, -0.2) is 0 Å². The van der Waals surface area contributed by atoms with Crippen LogP contribution in [0, 0.1) is 0 Å². The van der Waals surface area contributed by atoms with Crippen LogP contribution in [0.2, 0.25) is 0 Å². The summed E-state index contributed by atoms with van der Waals surface area (Å²) < 4.78 is 6.39. The summed E-state index contributed by atoms with van der Waals surface area (Å²) in [7, 11) is 0. The second-order valence-electron chi connectivity index (χ2n) is 12.0. The highest BCUT2D eigenvalue weighted by Gasteiger charge is 2.21. The van der Waals surface area contributed by atoms with Crippen LogP contribution in [0.5, 0.6) is 11.5 Å². The molecule has 9 aromatic carbocycles. The number of hydrogen-bond acceptors (Lipinski definition) is 1. The van der Waals surface area contributed by atoms with E-state index < -0.39 is 0 Å². The molecule has 0 aromatic heterocycles. The molecule has 1 heteroatoms. The molecule has 0 saturated heterocycles. The topological polar surface area (TPSA) is 9.23 Å². The van der Waals surface area contributed by atoms with Gasteiger partial charge in [-0.05, 0) is 101 Å². The smallest absolute Gasteiger partial charge is 0.135 e. The fourth-order valence-electron chi connectivity index (χ4n) is 7.60. The lowest BCUT2D eigenvalue weighted by molar-refractivity contribution is 0.487. The molecule has 0 fully saturated rings. The molecule has 0 atom stereocenters. The summed E-state index contributed by atoms with van der Waals surface area (Å²) in [6.45, 7) is 0. The SMILES string of the molecule is c1ccc2c(c1)Oc1ccc(-c3ccc4ccc5c(-c6cccc7ccccc67)c6ccccc6cc5c4c3)c3cccc-2c13. The molecule has 0 spiro atoms. The predicted molar refractivity (Wildman–Crippen MR) is 190 cm³/mol. The van der Waals surface area contributed by atoms with Gasteiger partial charge >= 0.3 is 0 Å². The van der Waals surface area contributed by atoms with E-state index in [4.69, 9.17) is 4.74 Å². The summed E-state index contributed by atoms with van der Waals surface area (Å²) in [6, 6.07) is 57.4. The molecule has 45 heavy (non-hydrogen) atoms. The van der Waals surface area contributed by atoms with Gasteiger partial charge in [-0.1, -0.05) is 133 Å². The molecule has 1 heterocycles. The lowest BCUT2D eigenvalue weighted by atomic mass is 9.86. The highest BCUT2D eigenvalue weighted by molar-refractivity contribution is 6.23. The molecule has 1 nitrogen and oxygen atoms in total. The van der Waals surface area contributed by atoms with Crippen molar-refractivity contribution in [1.29, 1.82) is 0 Å². The Morgan fingerprint density at radius 3 is 1.96 bits per heavy atom. The van der Waals surface area contributed by atoms with E-state index in [1.54, 1.807) is 0 Å². The maximum atomic E-state index is 6.39. The molecule has 0 aliphatic carbocycles. The summed E-state index contributed by atoms with van der Waals surface area (Å²) in [4.78, 5) is 0. The van der Waals surface area contributed by atoms with E-state index in [1.165, 1.54) is 81.7 Å². The number of ether oxygens (including phenoxy) is 1. The number of para-hydroxylation sites is 1. The second kappa shape index (κ2) is 9.29.